The Balaban J connectivity index is 2.21. The number of ketones is 1. The third-order valence-electron chi connectivity index (χ3n) is 4.02. The first kappa shape index (κ1) is 20.9. The maximum absolute atomic E-state index is 12.3. The molecular formula is C22H24O6. The van der Waals surface area contributed by atoms with Gasteiger partial charge in [0.2, 0.25) is 0 Å². The first-order chi connectivity index (χ1) is 13.6. The number of carbonyl (C=O) groups excluding carboxylic acids is 1. The molecule has 0 amide bonds. The van der Waals surface area contributed by atoms with E-state index in [0.29, 0.717) is 34.3 Å². The van der Waals surface area contributed by atoms with Crippen LogP contribution >= 0.6 is 0 Å². The minimum Gasteiger partial charge on any atom is -0.496 e. The third-order valence-corrected chi connectivity index (χ3v) is 4.02. The van der Waals surface area contributed by atoms with Crippen LogP contribution in [-0.2, 0) is 4.79 Å². The number of ether oxygens (including phenoxy) is 5. The number of hydrogen-bond donors (Lipinski definition) is 0. The molecule has 0 radical (unpaired) electrons. The molecule has 0 aliphatic carbocycles. The van der Waals surface area contributed by atoms with Gasteiger partial charge in [0, 0.05) is 12.1 Å². The van der Waals surface area contributed by atoms with Crippen molar-refractivity contribution in [3.63, 3.8) is 0 Å². The van der Waals surface area contributed by atoms with Crippen LogP contribution in [0.25, 0.3) is 12.2 Å². The number of hydrogen-bond acceptors (Lipinski definition) is 6. The predicted molar refractivity (Wildman–Crippen MR) is 109 cm³/mol. The highest BCUT2D eigenvalue weighted by Crippen LogP contribution is 2.35. The van der Waals surface area contributed by atoms with E-state index in [0.717, 1.165) is 5.56 Å². The molecule has 6 heteroatoms. The van der Waals surface area contributed by atoms with Gasteiger partial charge in [-0.1, -0.05) is 12.1 Å². The van der Waals surface area contributed by atoms with Crippen molar-refractivity contribution in [3.05, 3.63) is 53.6 Å². The van der Waals surface area contributed by atoms with Crippen LogP contribution in [-0.4, -0.2) is 41.3 Å². The number of benzene rings is 2. The van der Waals surface area contributed by atoms with E-state index in [4.69, 9.17) is 23.7 Å². The van der Waals surface area contributed by atoms with E-state index < -0.39 is 0 Å². The second-order valence-electron chi connectivity index (χ2n) is 5.63. The van der Waals surface area contributed by atoms with E-state index in [1.165, 1.54) is 12.2 Å². The van der Waals surface area contributed by atoms with Crippen LogP contribution in [0.5, 0.6) is 28.7 Å². The Morgan fingerprint density at radius 2 is 1.25 bits per heavy atom. The molecule has 0 aliphatic rings. The molecule has 0 N–H and O–H groups in total. The maximum Gasteiger partial charge on any atom is 0.178 e. The molecular weight excluding hydrogens is 360 g/mol. The van der Waals surface area contributed by atoms with Crippen LogP contribution in [0.15, 0.2) is 42.5 Å². The number of allylic oxidation sites excluding steroid dienone is 2. The Hall–Kier alpha value is -3.41. The molecule has 148 valence electrons. The van der Waals surface area contributed by atoms with Crippen molar-refractivity contribution in [2.24, 2.45) is 0 Å². The van der Waals surface area contributed by atoms with Gasteiger partial charge >= 0.3 is 0 Å². The van der Waals surface area contributed by atoms with Gasteiger partial charge in [0.25, 0.3) is 0 Å². The lowest BCUT2D eigenvalue weighted by Crippen LogP contribution is -1.95. The van der Waals surface area contributed by atoms with Crippen molar-refractivity contribution in [3.8, 4) is 28.7 Å². The highest BCUT2D eigenvalue weighted by Gasteiger charge is 2.11. The Bertz CT molecular complexity index is 858. The lowest BCUT2D eigenvalue weighted by atomic mass is 10.1. The lowest BCUT2D eigenvalue weighted by molar-refractivity contribution is -0.110. The average Bonchev–Trinajstić information content (AvgIpc) is 2.75. The summed E-state index contributed by atoms with van der Waals surface area (Å²) < 4.78 is 26.4. The molecule has 2 rings (SSSR count). The summed E-state index contributed by atoms with van der Waals surface area (Å²) >= 11 is 0. The Morgan fingerprint density at radius 3 is 1.79 bits per heavy atom. The van der Waals surface area contributed by atoms with Gasteiger partial charge in [-0.15, -0.1) is 0 Å². The molecule has 0 atom stereocenters. The van der Waals surface area contributed by atoms with E-state index >= 15 is 0 Å². The fourth-order valence-corrected chi connectivity index (χ4v) is 2.55. The largest absolute Gasteiger partial charge is 0.496 e. The van der Waals surface area contributed by atoms with Crippen LogP contribution in [0.3, 0.4) is 0 Å². The number of carbonyl (C=O) groups is 1. The third kappa shape index (κ3) is 5.07. The summed E-state index contributed by atoms with van der Waals surface area (Å²) in [5, 5.41) is 0. The zero-order valence-electron chi connectivity index (χ0n) is 16.6. The van der Waals surface area contributed by atoms with E-state index in [2.05, 4.69) is 0 Å². The average molecular weight is 384 g/mol. The van der Waals surface area contributed by atoms with Gasteiger partial charge in [-0.2, -0.15) is 0 Å². The first-order valence-corrected chi connectivity index (χ1v) is 8.48. The maximum atomic E-state index is 12.3. The summed E-state index contributed by atoms with van der Waals surface area (Å²) in [5.41, 5.74) is 1.47. The normalized spacial score (nSPS) is 10.9. The summed E-state index contributed by atoms with van der Waals surface area (Å²) in [4.78, 5) is 12.3. The molecule has 0 heterocycles. The highest BCUT2D eigenvalue weighted by atomic mass is 16.5. The number of rotatable bonds is 9. The van der Waals surface area contributed by atoms with Crippen molar-refractivity contribution >= 4 is 17.9 Å². The molecule has 0 aliphatic heterocycles. The van der Waals surface area contributed by atoms with Gasteiger partial charge in [0.15, 0.2) is 17.3 Å². The van der Waals surface area contributed by atoms with Gasteiger partial charge in [-0.3, -0.25) is 4.79 Å². The first-order valence-electron chi connectivity index (χ1n) is 8.48. The van der Waals surface area contributed by atoms with Crippen molar-refractivity contribution in [1.29, 1.82) is 0 Å². The smallest absolute Gasteiger partial charge is 0.178 e. The van der Waals surface area contributed by atoms with Crippen molar-refractivity contribution in [2.75, 3.05) is 35.5 Å². The summed E-state index contributed by atoms with van der Waals surface area (Å²) in [6, 6.07) is 8.87. The van der Waals surface area contributed by atoms with Gasteiger partial charge in [0.1, 0.15) is 17.2 Å². The fraction of sp³-hybridized carbons (Fsp3) is 0.227. The van der Waals surface area contributed by atoms with Gasteiger partial charge in [-0.25, -0.2) is 0 Å². The fourth-order valence-electron chi connectivity index (χ4n) is 2.55. The molecule has 6 nitrogen and oxygen atoms in total. The number of methoxy groups -OCH3 is 5. The van der Waals surface area contributed by atoms with Crippen LogP contribution in [0.2, 0.25) is 0 Å². The molecule has 2 aromatic carbocycles. The van der Waals surface area contributed by atoms with Crippen LogP contribution < -0.4 is 23.7 Å². The van der Waals surface area contributed by atoms with Crippen LogP contribution in [0.1, 0.15) is 11.1 Å². The Labute approximate surface area is 164 Å². The van der Waals surface area contributed by atoms with E-state index in [-0.39, 0.29) is 5.78 Å². The second kappa shape index (κ2) is 10.1. The molecule has 0 unspecified atom stereocenters. The van der Waals surface area contributed by atoms with Crippen LogP contribution in [0.4, 0.5) is 0 Å². The second-order valence-corrected chi connectivity index (χ2v) is 5.63. The SMILES string of the molecule is COc1cc(OC)c(/C=C/C(=O)/C=C/c2ccc(OC)c(OC)c2)c(OC)c1. The summed E-state index contributed by atoms with van der Waals surface area (Å²) in [6.45, 7) is 0. The Kier molecular flexibility index (Phi) is 7.51. The summed E-state index contributed by atoms with van der Waals surface area (Å²) in [6.07, 6.45) is 6.28. The summed E-state index contributed by atoms with van der Waals surface area (Å²) in [5.74, 6) is 2.73. The topological polar surface area (TPSA) is 63.2 Å². The van der Waals surface area contributed by atoms with Crippen LogP contribution in [0, 0.1) is 0 Å². The summed E-state index contributed by atoms with van der Waals surface area (Å²) in [7, 11) is 7.79. The van der Waals surface area contributed by atoms with Crippen molar-refractivity contribution in [2.45, 2.75) is 0 Å². The molecule has 0 fully saturated rings. The molecule has 0 saturated heterocycles. The molecule has 0 saturated carbocycles. The molecule has 2 aromatic rings. The van der Waals surface area contributed by atoms with Crippen molar-refractivity contribution in [1.82, 2.24) is 0 Å². The monoisotopic (exact) mass is 384 g/mol. The molecule has 28 heavy (non-hydrogen) atoms. The van der Waals surface area contributed by atoms with E-state index in [9.17, 15) is 4.79 Å². The molecule has 0 aromatic heterocycles. The standard InChI is InChI=1S/C22H24O6/c1-24-17-13-20(26-3)18(21(14-17)27-4)10-9-16(23)8-6-15-7-11-19(25-2)22(12-15)28-5/h6-14H,1-5H3/b8-6+,10-9+. The quantitative estimate of drug-likeness (QED) is 0.609. The van der Waals surface area contributed by atoms with Gasteiger partial charge in [-0.05, 0) is 35.9 Å². The predicted octanol–water partition coefficient (Wildman–Crippen LogP) is 4.03. The van der Waals surface area contributed by atoms with Crippen molar-refractivity contribution < 1.29 is 28.5 Å². The van der Waals surface area contributed by atoms with Gasteiger partial charge < -0.3 is 23.7 Å². The Morgan fingerprint density at radius 1 is 0.679 bits per heavy atom. The molecule has 0 bridgehead atoms. The zero-order chi connectivity index (χ0) is 20.5. The zero-order valence-corrected chi connectivity index (χ0v) is 16.6. The van der Waals surface area contributed by atoms with E-state index in [1.54, 1.807) is 72.0 Å². The lowest BCUT2D eigenvalue weighted by Gasteiger charge is -2.12. The minimum atomic E-state index is -0.185. The highest BCUT2D eigenvalue weighted by molar-refractivity contribution is 6.04. The molecule has 0 spiro atoms. The minimum absolute atomic E-state index is 0.185. The van der Waals surface area contributed by atoms with Gasteiger partial charge in [0.05, 0.1) is 41.1 Å². The van der Waals surface area contributed by atoms with E-state index in [1.807, 2.05) is 6.07 Å².